The first kappa shape index (κ1) is 11.7. The molecular weight excluding hydrogens is 229 g/mol. The smallest absolute Gasteiger partial charge is 0.398 e. The molecular formula is C12H11F3N2. The second-order valence-corrected chi connectivity index (χ2v) is 3.80. The molecule has 2 rings (SSSR count). The van der Waals surface area contributed by atoms with Crippen molar-refractivity contribution < 1.29 is 13.2 Å². The zero-order valence-electron chi connectivity index (χ0n) is 8.96. The minimum atomic E-state index is -4.34. The van der Waals surface area contributed by atoms with Crippen molar-refractivity contribution in [1.29, 1.82) is 0 Å². The Hall–Kier alpha value is -1.78. The van der Waals surface area contributed by atoms with E-state index in [9.17, 15) is 13.2 Å². The van der Waals surface area contributed by atoms with E-state index < -0.39 is 11.7 Å². The molecule has 2 N–H and O–H groups in total. The molecule has 0 atom stereocenters. The van der Waals surface area contributed by atoms with Gasteiger partial charge in [0, 0.05) is 24.0 Å². The Morgan fingerprint density at radius 1 is 1.24 bits per heavy atom. The summed E-state index contributed by atoms with van der Waals surface area (Å²) in [7, 11) is 0. The van der Waals surface area contributed by atoms with Crippen LogP contribution in [0.5, 0.6) is 0 Å². The average Bonchev–Trinajstić information content (AvgIpc) is 2.29. The second-order valence-electron chi connectivity index (χ2n) is 3.80. The van der Waals surface area contributed by atoms with Gasteiger partial charge in [-0.2, -0.15) is 13.2 Å². The number of nitrogens with zero attached hydrogens (tertiary/aromatic N) is 1. The number of aliphatic imine (C=N–C) groups is 1. The topological polar surface area (TPSA) is 38.4 Å². The molecule has 0 unspecified atom stereocenters. The molecule has 1 aliphatic heterocycles. The quantitative estimate of drug-likeness (QED) is 0.752. The summed E-state index contributed by atoms with van der Waals surface area (Å²) >= 11 is 0. The third-order valence-corrected chi connectivity index (χ3v) is 2.62. The van der Waals surface area contributed by atoms with Crippen molar-refractivity contribution in [3.05, 3.63) is 35.4 Å². The van der Waals surface area contributed by atoms with E-state index in [0.717, 1.165) is 17.7 Å². The van der Waals surface area contributed by atoms with Gasteiger partial charge >= 0.3 is 6.18 Å². The first-order valence-electron chi connectivity index (χ1n) is 5.14. The van der Waals surface area contributed by atoms with Crippen molar-refractivity contribution in [2.45, 2.75) is 12.6 Å². The molecule has 1 aromatic rings. The van der Waals surface area contributed by atoms with Crippen LogP contribution in [0.4, 0.5) is 18.9 Å². The molecule has 0 aromatic heterocycles. The fourth-order valence-corrected chi connectivity index (χ4v) is 1.72. The van der Waals surface area contributed by atoms with Gasteiger partial charge in [0.1, 0.15) is 0 Å². The van der Waals surface area contributed by atoms with E-state index in [1.165, 1.54) is 6.07 Å². The van der Waals surface area contributed by atoms with Gasteiger partial charge in [-0.1, -0.05) is 0 Å². The minimum Gasteiger partial charge on any atom is -0.398 e. The van der Waals surface area contributed by atoms with E-state index in [1.54, 1.807) is 12.3 Å². The highest BCUT2D eigenvalue weighted by molar-refractivity contribution is 5.89. The molecule has 2 nitrogen and oxygen atoms in total. The third kappa shape index (κ3) is 2.49. The van der Waals surface area contributed by atoms with Crippen molar-refractivity contribution >= 4 is 17.5 Å². The Bertz CT molecular complexity index is 487. The van der Waals surface area contributed by atoms with Crippen molar-refractivity contribution in [1.82, 2.24) is 0 Å². The zero-order chi connectivity index (χ0) is 12.5. The lowest BCUT2D eigenvalue weighted by atomic mass is 9.97. The van der Waals surface area contributed by atoms with Gasteiger partial charge in [-0.25, -0.2) is 0 Å². The maximum Gasteiger partial charge on any atom is 0.416 e. The number of halogens is 3. The Balaban J connectivity index is 2.46. The molecule has 0 saturated heterocycles. The summed E-state index contributed by atoms with van der Waals surface area (Å²) in [5.74, 6) is 0. The lowest BCUT2D eigenvalue weighted by molar-refractivity contribution is -0.137. The fourth-order valence-electron chi connectivity index (χ4n) is 1.72. The van der Waals surface area contributed by atoms with Gasteiger partial charge in [-0.05, 0) is 36.3 Å². The predicted octanol–water partition coefficient (Wildman–Crippen LogP) is 3.15. The van der Waals surface area contributed by atoms with Gasteiger partial charge in [0.15, 0.2) is 0 Å². The summed E-state index contributed by atoms with van der Waals surface area (Å²) in [6.07, 6.45) is -0.429. The first-order valence-corrected chi connectivity index (χ1v) is 5.14. The van der Waals surface area contributed by atoms with Crippen molar-refractivity contribution in [2.75, 3.05) is 12.3 Å². The number of hydrogen-bond acceptors (Lipinski definition) is 2. The Morgan fingerprint density at radius 3 is 2.59 bits per heavy atom. The number of anilines is 1. The highest BCUT2D eigenvalue weighted by Crippen LogP contribution is 2.34. The van der Waals surface area contributed by atoms with Gasteiger partial charge in [0.05, 0.1) is 5.56 Å². The maximum atomic E-state index is 12.6. The molecule has 0 aliphatic carbocycles. The van der Waals surface area contributed by atoms with Gasteiger partial charge in [-0.15, -0.1) is 0 Å². The highest BCUT2D eigenvalue weighted by atomic mass is 19.4. The fraction of sp³-hybridized carbons (Fsp3) is 0.250. The molecule has 5 heteroatoms. The standard InChI is InChI=1S/C12H11F3N2/c13-12(14,15)9-1-2-11(16)10(7-9)8-3-5-17-6-4-8/h1-3,5,7H,4,6,16H2. The van der Waals surface area contributed by atoms with Crippen molar-refractivity contribution in [3.8, 4) is 0 Å². The Kier molecular flexibility index (Phi) is 2.92. The zero-order valence-corrected chi connectivity index (χ0v) is 8.96. The number of rotatable bonds is 1. The number of nitrogens with two attached hydrogens (primary N) is 1. The van der Waals surface area contributed by atoms with Crippen LogP contribution in [0.1, 0.15) is 17.5 Å². The van der Waals surface area contributed by atoms with Crippen LogP contribution in [0.2, 0.25) is 0 Å². The van der Waals surface area contributed by atoms with E-state index in [-0.39, 0.29) is 0 Å². The van der Waals surface area contributed by atoms with Gasteiger partial charge in [0.2, 0.25) is 0 Å². The van der Waals surface area contributed by atoms with Crippen LogP contribution >= 0.6 is 0 Å². The molecule has 90 valence electrons. The largest absolute Gasteiger partial charge is 0.416 e. The van der Waals surface area contributed by atoms with E-state index in [2.05, 4.69) is 4.99 Å². The van der Waals surface area contributed by atoms with Gasteiger partial charge in [0.25, 0.3) is 0 Å². The van der Waals surface area contributed by atoms with Crippen molar-refractivity contribution in [3.63, 3.8) is 0 Å². The molecule has 1 aromatic carbocycles. The van der Waals surface area contributed by atoms with Crippen LogP contribution in [0.3, 0.4) is 0 Å². The third-order valence-electron chi connectivity index (χ3n) is 2.62. The highest BCUT2D eigenvalue weighted by Gasteiger charge is 2.31. The number of allylic oxidation sites excluding steroid dienone is 1. The molecule has 0 amide bonds. The summed E-state index contributed by atoms with van der Waals surface area (Å²) in [5, 5.41) is 0. The molecule has 0 radical (unpaired) electrons. The molecule has 0 spiro atoms. The number of hydrogen-bond donors (Lipinski definition) is 1. The molecule has 0 saturated carbocycles. The Labute approximate surface area is 96.7 Å². The Morgan fingerprint density at radius 2 is 2.00 bits per heavy atom. The van der Waals surface area contributed by atoms with Crippen LogP contribution in [0.25, 0.3) is 5.57 Å². The first-order chi connectivity index (χ1) is 7.98. The summed E-state index contributed by atoms with van der Waals surface area (Å²) in [6, 6.07) is 3.39. The number of dihydropyridines is 1. The van der Waals surface area contributed by atoms with E-state index in [0.29, 0.717) is 24.2 Å². The molecule has 0 fully saturated rings. The number of nitrogen functional groups attached to an aromatic ring is 1. The normalized spacial score (nSPS) is 15.8. The van der Waals surface area contributed by atoms with E-state index >= 15 is 0 Å². The monoisotopic (exact) mass is 240 g/mol. The molecule has 1 heterocycles. The minimum absolute atomic E-state index is 0.361. The van der Waals surface area contributed by atoms with E-state index in [4.69, 9.17) is 5.73 Å². The summed E-state index contributed by atoms with van der Waals surface area (Å²) < 4.78 is 37.7. The maximum absolute atomic E-state index is 12.6. The van der Waals surface area contributed by atoms with Crippen molar-refractivity contribution in [2.24, 2.45) is 4.99 Å². The summed E-state index contributed by atoms with van der Waals surface area (Å²) in [4.78, 5) is 3.99. The molecule has 1 aliphatic rings. The molecule has 17 heavy (non-hydrogen) atoms. The summed E-state index contributed by atoms with van der Waals surface area (Å²) in [6.45, 7) is 0.585. The SMILES string of the molecule is Nc1ccc(C(F)(F)F)cc1C1=CC=NCC1. The number of alkyl halides is 3. The van der Waals surface area contributed by atoms with Crippen LogP contribution in [-0.2, 0) is 6.18 Å². The van der Waals surface area contributed by atoms with E-state index in [1.807, 2.05) is 0 Å². The number of benzene rings is 1. The average molecular weight is 240 g/mol. The van der Waals surface area contributed by atoms with Crippen LogP contribution in [0.15, 0.2) is 29.3 Å². The molecule has 0 bridgehead atoms. The summed E-state index contributed by atoms with van der Waals surface area (Å²) in [5.41, 5.74) is 6.64. The van der Waals surface area contributed by atoms with Gasteiger partial charge in [-0.3, -0.25) is 4.99 Å². The van der Waals surface area contributed by atoms with Crippen LogP contribution in [0, 0.1) is 0 Å². The van der Waals surface area contributed by atoms with Crippen LogP contribution in [-0.4, -0.2) is 12.8 Å². The van der Waals surface area contributed by atoms with Gasteiger partial charge < -0.3 is 5.73 Å². The lowest BCUT2D eigenvalue weighted by Crippen LogP contribution is -2.07. The van der Waals surface area contributed by atoms with Crippen LogP contribution < -0.4 is 5.73 Å². The second kappa shape index (κ2) is 4.24. The lowest BCUT2D eigenvalue weighted by Gasteiger charge is -2.14. The predicted molar refractivity (Wildman–Crippen MR) is 61.8 cm³/mol.